The van der Waals surface area contributed by atoms with Crippen molar-refractivity contribution in [2.45, 2.75) is 20.3 Å². The molecule has 1 amide bonds. The average Bonchev–Trinajstić information content (AvgIpc) is 2.43. The molecular weight excluding hydrogens is 244 g/mol. The fourth-order valence-corrected chi connectivity index (χ4v) is 1.56. The molecule has 1 aromatic rings. The zero-order valence-corrected chi connectivity index (χ0v) is 11.6. The molecule has 19 heavy (non-hydrogen) atoms. The van der Waals surface area contributed by atoms with Crippen molar-refractivity contribution in [1.82, 2.24) is 5.32 Å². The predicted octanol–water partition coefficient (Wildman–Crippen LogP) is 1.72. The fraction of sp³-hybridized carbons (Fsp3) is 0.429. The fourth-order valence-electron chi connectivity index (χ4n) is 1.56. The normalized spacial score (nSPS) is 9.84. The van der Waals surface area contributed by atoms with Gasteiger partial charge >= 0.3 is 5.97 Å². The highest BCUT2D eigenvalue weighted by molar-refractivity contribution is 5.91. The lowest BCUT2D eigenvalue weighted by molar-refractivity contribution is -0.119. The molecule has 0 unspecified atom stereocenters. The Hall–Kier alpha value is -2.04. The zero-order valence-electron chi connectivity index (χ0n) is 11.6. The molecule has 104 valence electrons. The zero-order chi connectivity index (χ0) is 14.3. The van der Waals surface area contributed by atoms with E-state index in [1.807, 2.05) is 19.9 Å². The number of benzene rings is 1. The van der Waals surface area contributed by atoms with Gasteiger partial charge in [0.2, 0.25) is 5.91 Å². The van der Waals surface area contributed by atoms with Crippen LogP contribution in [0, 0.1) is 6.92 Å². The van der Waals surface area contributed by atoms with Crippen LogP contribution in [0.2, 0.25) is 0 Å². The number of aryl methyl sites for hydroxylation is 1. The number of ether oxygens (including phenoxy) is 1. The summed E-state index contributed by atoms with van der Waals surface area (Å²) in [5, 5.41) is 5.80. The van der Waals surface area contributed by atoms with Crippen LogP contribution in [0.4, 0.5) is 5.69 Å². The molecule has 1 aromatic carbocycles. The second-order valence-corrected chi connectivity index (χ2v) is 4.22. The summed E-state index contributed by atoms with van der Waals surface area (Å²) in [7, 11) is 1.34. The van der Waals surface area contributed by atoms with E-state index >= 15 is 0 Å². The summed E-state index contributed by atoms with van der Waals surface area (Å²) in [6.45, 7) is 4.76. The first-order chi connectivity index (χ1) is 9.08. The van der Waals surface area contributed by atoms with Gasteiger partial charge in [0.05, 0.1) is 19.2 Å². The van der Waals surface area contributed by atoms with Gasteiger partial charge in [-0.1, -0.05) is 13.0 Å². The Morgan fingerprint density at radius 2 is 2.05 bits per heavy atom. The van der Waals surface area contributed by atoms with Crippen molar-refractivity contribution in [3.05, 3.63) is 29.3 Å². The highest BCUT2D eigenvalue weighted by Crippen LogP contribution is 2.17. The van der Waals surface area contributed by atoms with Gasteiger partial charge in [-0.05, 0) is 31.0 Å². The molecule has 0 atom stereocenters. The summed E-state index contributed by atoms with van der Waals surface area (Å²) < 4.78 is 4.66. The van der Waals surface area contributed by atoms with Crippen LogP contribution in [0.15, 0.2) is 18.2 Å². The van der Waals surface area contributed by atoms with Gasteiger partial charge in [0.15, 0.2) is 0 Å². The van der Waals surface area contributed by atoms with Crippen molar-refractivity contribution in [2.75, 3.05) is 25.5 Å². The van der Waals surface area contributed by atoms with Crippen molar-refractivity contribution in [3.8, 4) is 0 Å². The maximum absolute atomic E-state index is 11.5. The van der Waals surface area contributed by atoms with E-state index in [2.05, 4.69) is 15.4 Å². The monoisotopic (exact) mass is 264 g/mol. The largest absolute Gasteiger partial charge is 0.465 e. The minimum atomic E-state index is -0.390. The Morgan fingerprint density at radius 3 is 2.68 bits per heavy atom. The standard InChI is InChI=1S/C14H20N2O3/c1-4-7-15-13(17)9-16-12-8-11(14(18)19-3)6-5-10(12)2/h5-6,8,16H,4,7,9H2,1-3H3,(H,15,17). The van der Waals surface area contributed by atoms with Crippen LogP contribution in [0.5, 0.6) is 0 Å². The Balaban J connectivity index is 2.67. The topological polar surface area (TPSA) is 67.4 Å². The molecule has 0 spiro atoms. The molecule has 0 aliphatic carbocycles. The molecule has 0 saturated heterocycles. The first-order valence-electron chi connectivity index (χ1n) is 6.28. The van der Waals surface area contributed by atoms with Crippen LogP contribution in [-0.2, 0) is 9.53 Å². The van der Waals surface area contributed by atoms with Crippen molar-refractivity contribution in [1.29, 1.82) is 0 Å². The highest BCUT2D eigenvalue weighted by atomic mass is 16.5. The lowest BCUT2D eigenvalue weighted by atomic mass is 10.1. The Kier molecular flexibility index (Phi) is 5.85. The molecule has 0 bridgehead atoms. The summed E-state index contributed by atoms with van der Waals surface area (Å²) in [4.78, 5) is 22.9. The highest BCUT2D eigenvalue weighted by Gasteiger charge is 2.08. The van der Waals surface area contributed by atoms with Crippen LogP contribution in [0.1, 0.15) is 29.3 Å². The molecule has 0 heterocycles. The number of hydrogen-bond acceptors (Lipinski definition) is 4. The smallest absolute Gasteiger partial charge is 0.337 e. The van der Waals surface area contributed by atoms with Gasteiger partial charge in [-0.2, -0.15) is 0 Å². The van der Waals surface area contributed by atoms with Gasteiger partial charge in [0.25, 0.3) is 0 Å². The van der Waals surface area contributed by atoms with Gasteiger partial charge in [-0.3, -0.25) is 4.79 Å². The van der Waals surface area contributed by atoms with E-state index < -0.39 is 5.97 Å². The predicted molar refractivity (Wildman–Crippen MR) is 74.3 cm³/mol. The molecule has 1 rings (SSSR count). The molecule has 0 aliphatic rings. The molecule has 0 radical (unpaired) electrons. The first kappa shape index (κ1) is 15.0. The molecule has 5 heteroatoms. The van der Waals surface area contributed by atoms with Crippen molar-refractivity contribution < 1.29 is 14.3 Å². The molecule has 0 aliphatic heterocycles. The lowest BCUT2D eigenvalue weighted by Gasteiger charge is -2.11. The Bertz CT molecular complexity index is 458. The van der Waals surface area contributed by atoms with E-state index in [0.717, 1.165) is 17.7 Å². The third kappa shape index (κ3) is 4.62. The Morgan fingerprint density at radius 1 is 1.32 bits per heavy atom. The maximum atomic E-state index is 11.5. The third-order valence-corrected chi connectivity index (χ3v) is 2.67. The minimum absolute atomic E-state index is 0.0651. The van der Waals surface area contributed by atoms with Crippen LogP contribution in [-0.4, -0.2) is 32.1 Å². The summed E-state index contributed by atoms with van der Waals surface area (Å²) >= 11 is 0. The second kappa shape index (κ2) is 7.41. The molecule has 5 nitrogen and oxygen atoms in total. The van der Waals surface area contributed by atoms with Crippen LogP contribution in [0.3, 0.4) is 0 Å². The van der Waals surface area contributed by atoms with E-state index in [9.17, 15) is 9.59 Å². The number of carbonyl (C=O) groups excluding carboxylic acids is 2. The lowest BCUT2D eigenvalue weighted by Crippen LogP contribution is -2.30. The van der Waals surface area contributed by atoms with Gasteiger partial charge in [0, 0.05) is 12.2 Å². The van der Waals surface area contributed by atoms with E-state index in [1.54, 1.807) is 12.1 Å². The minimum Gasteiger partial charge on any atom is -0.465 e. The quantitative estimate of drug-likeness (QED) is 0.768. The van der Waals surface area contributed by atoms with Crippen LogP contribution < -0.4 is 10.6 Å². The third-order valence-electron chi connectivity index (χ3n) is 2.67. The van der Waals surface area contributed by atoms with Crippen molar-refractivity contribution in [3.63, 3.8) is 0 Å². The van der Waals surface area contributed by atoms with Gasteiger partial charge in [0.1, 0.15) is 0 Å². The molecule has 0 saturated carbocycles. The summed E-state index contributed by atoms with van der Waals surface area (Å²) in [6, 6.07) is 5.20. The molecular formula is C14H20N2O3. The number of rotatable bonds is 6. The number of esters is 1. The maximum Gasteiger partial charge on any atom is 0.337 e. The van der Waals surface area contributed by atoms with Gasteiger partial charge in [-0.25, -0.2) is 4.79 Å². The van der Waals surface area contributed by atoms with Crippen LogP contribution in [0.25, 0.3) is 0 Å². The van der Waals surface area contributed by atoms with Crippen molar-refractivity contribution >= 4 is 17.6 Å². The first-order valence-corrected chi connectivity index (χ1v) is 6.28. The van der Waals surface area contributed by atoms with Crippen molar-refractivity contribution in [2.24, 2.45) is 0 Å². The molecule has 2 N–H and O–H groups in total. The SMILES string of the molecule is CCCNC(=O)CNc1cc(C(=O)OC)ccc1C. The van der Waals surface area contributed by atoms with E-state index in [4.69, 9.17) is 0 Å². The number of hydrogen-bond donors (Lipinski definition) is 2. The second-order valence-electron chi connectivity index (χ2n) is 4.22. The average molecular weight is 264 g/mol. The van der Waals surface area contributed by atoms with E-state index in [-0.39, 0.29) is 12.5 Å². The molecule has 0 aromatic heterocycles. The Labute approximate surface area is 113 Å². The number of nitrogens with one attached hydrogen (secondary N) is 2. The summed E-state index contributed by atoms with van der Waals surface area (Å²) in [5.41, 5.74) is 2.19. The van der Waals surface area contributed by atoms with E-state index in [1.165, 1.54) is 7.11 Å². The summed E-state index contributed by atoms with van der Waals surface area (Å²) in [6.07, 6.45) is 0.905. The number of carbonyl (C=O) groups is 2. The number of anilines is 1. The van der Waals surface area contributed by atoms with Gasteiger partial charge < -0.3 is 15.4 Å². The number of methoxy groups -OCH3 is 1. The van der Waals surface area contributed by atoms with E-state index in [0.29, 0.717) is 12.1 Å². The molecule has 0 fully saturated rings. The van der Waals surface area contributed by atoms with Gasteiger partial charge in [-0.15, -0.1) is 0 Å². The number of amides is 1. The summed E-state index contributed by atoms with van der Waals surface area (Å²) in [5.74, 6) is -0.455. The van der Waals surface area contributed by atoms with Crippen LogP contribution >= 0.6 is 0 Å².